The van der Waals surface area contributed by atoms with Crippen LogP contribution in [0, 0.1) is 0 Å². The lowest BCUT2D eigenvalue weighted by Crippen LogP contribution is -2.42. The fraction of sp³-hybridized carbons (Fsp3) is 1.00. The van der Waals surface area contributed by atoms with Gasteiger partial charge in [-0.3, -0.25) is 0 Å². The molecule has 0 aromatic heterocycles. The van der Waals surface area contributed by atoms with Gasteiger partial charge in [-0.1, -0.05) is 6.92 Å². The largest absolute Gasteiger partial charge is 0.511 e. The summed E-state index contributed by atoms with van der Waals surface area (Å²) in [5.41, 5.74) is -5.56. The highest BCUT2D eigenvalue weighted by atomic mass is 32.2. The predicted octanol–water partition coefficient (Wildman–Crippen LogP) is 1.47. The Morgan fingerprint density at radius 3 is 1.86 bits per heavy atom. The summed E-state index contributed by atoms with van der Waals surface area (Å²) in [6.07, 6.45) is -0.743. The van der Waals surface area contributed by atoms with Gasteiger partial charge in [0.25, 0.3) is 5.92 Å². The van der Waals surface area contributed by atoms with Gasteiger partial charge in [0.2, 0.25) is 0 Å². The van der Waals surface area contributed by atoms with E-state index in [9.17, 15) is 30.4 Å². The Balaban J connectivity index is 4.43. The molecule has 0 radical (unpaired) electrons. The SMILES string of the molecule is CCC(F)(F)CNS(=O)(=O)C(F)(F)F. The zero-order chi connectivity index (χ0) is 11.6. The maximum Gasteiger partial charge on any atom is 0.511 e. The van der Waals surface area contributed by atoms with Crippen molar-refractivity contribution in [2.45, 2.75) is 24.8 Å². The molecule has 0 aliphatic carbocycles. The molecule has 0 aliphatic rings. The maximum atomic E-state index is 12.4. The summed E-state index contributed by atoms with van der Waals surface area (Å²) in [5.74, 6) is -3.47. The number of halogens is 5. The van der Waals surface area contributed by atoms with E-state index in [2.05, 4.69) is 0 Å². The van der Waals surface area contributed by atoms with Gasteiger partial charge in [0.15, 0.2) is 0 Å². The van der Waals surface area contributed by atoms with E-state index in [1.165, 1.54) is 0 Å². The first kappa shape index (κ1) is 13.6. The van der Waals surface area contributed by atoms with Crippen LogP contribution in [0.5, 0.6) is 0 Å². The lowest BCUT2D eigenvalue weighted by molar-refractivity contribution is -0.0465. The molecule has 14 heavy (non-hydrogen) atoms. The van der Waals surface area contributed by atoms with Crippen LogP contribution in [0.4, 0.5) is 22.0 Å². The average Bonchev–Trinajstić information content (AvgIpc) is 1.99. The van der Waals surface area contributed by atoms with Crippen LogP contribution in [0.1, 0.15) is 13.3 Å². The van der Waals surface area contributed by atoms with Crippen LogP contribution >= 0.6 is 0 Å². The zero-order valence-corrected chi connectivity index (χ0v) is 7.85. The normalized spacial score (nSPS) is 14.4. The monoisotopic (exact) mass is 241 g/mol. The first-order chi connectivity index (χ1) is 6.02. The first-order valence-corrected chi connectivity index (χ1v) is 4.94. The fourth-order valence-electron chi connectivity index (χ4n) is 0.407. The molecule has 0 bridgehead atoms. The molecule has 0 aromatic carbocycles. The molecule has 3 nitrogen and oxygen atoms in total. The van der Waals surface area contributed by atoms with Gasteiger partial charge in [-0.2, -0.15) is 13.2 Å². The van der Waals surface area contributed by atoms with Gasteiger partial charge >= 0.3 is 15.5 Å². The zero-order valence-electron chi connectivity index (χ0n) is 7.03. The summed E-state index contributed by atoms with van der Waals surface area (Å²) in [5, 5.41) is 0. The Morgan fingerprint density at radius 1 is 1.14 bits per heavy atom. The number of alkyl halides is 5. The van der Waals surface area contributed by atoms with E-state index in [0.717, 1.165) is 11.6 Å². The van der Waals surface area contributed by atoms with Gasteiger partial charge in [-0.15, -0.1) is 0 Å². The lowest BCUT2D eigenvalue weighted by Gasteiger charge is -2.15. The van der Waals surface area contributed by atoms with Crippen molar-refractivity contribution >= 4 is 10.0 Å². The van der Waals surface area contributed by atoms with Gasteiger partial charge in [0, 0.05) is 6.42 Å². The van der Waals surface area contributed by atoms with Crippen LogP contribution in [0.25, 0.3) is 0 Å². The molecular weight excluding hydrogens is 233 g/mol. The minimum Gasteiger partial charge on any atom is -0.205 e. The molecular formula is C5H8F5NO2S. The molecule has 0 amide bonds. The molecule has 0 rings (SSSR count). The summed E-state index contributed by atoms with van der Waals surface area (Å²) in [7, 11) is -5.67. The highest BCUT2D eigenvalue weighted by Crippen LogP contribution is 2.23. The molecule has 0 aromatic rings. The van der Waals surface area contributed by atoms with E-state index in [-0.39, 0.29) is 0 Å². The van der Waals surface area contributed by atoms with Crippen molar-refractivity contribution in [2.24, 2.45) is 0 Å². The fourth-order valence-corrected chi connectivity index (χ4v) is 0.972. The van der Waals surface area contributed by atoms with Crippen molar-refractivity contribution in [3.63, 3.8) is 0 Å². The molecule has 1 N–H and O–H groups in total. The first-order valence-electron chi connectivity index (χ1n) is 3.45. The molecule has 0 fully saturated rings. The molecule has 0 heterocycles. The van der Waals surface area contributed by atoms with Crippen molar-refractivity contribution in [1.29, 1.82) is 0 Å². The Kier molecular flexibility index (Phi) is 3.85. The molecule has 86 valence electrons. The van der Waals surface area contributed by atoms with Crippen LogP contribution < -0.4 is 4.72 Å². The van der Waals surface area contributed by atoms with Crippen LogP contribution in [-0.2, 0) is 10.0 Å². The molecule has 0 saturated heterocycles. The third-order valence-corrected chi connectivity index (χ3v) is 2.48. The summed E-state index contributed by atoms with van der Waals surface area (Å²) in [6.45, 7) is -0.521. The summed E-state index contributed by atoms with van der Waals surface area (Å²) in [4.78, 5) is 0. The van der Waals surface area contributed by atoms with E-state index in [1.807, 2.05) is 0 Å². The molecule has 0 saturated carbocycles. The van der Waals surface area contributed by atoms with Crippen molar-refractivity contribution in [2.75, 3.05) is 6.54 Å². The third-order valence-electron chi connectivity index (χ3n) is 1.34. The molecule has 0 spiro atoms. The number of hydrogen-bond acceptors (Lipinski definition) is 2. The minimum atomic E-state index is -5.67. The predicted molar refractivity (Wildman–Crippen MR) is 38.2 cm³/mol. The van der Waals surface area contributed by atoms with Crippen LogP contribution in [-0.4, -0.2) is 26.4 Å². The smallest absolute Gasteiger partial charge is 0.205 e. The quantitative estimate of drug-likeness (QED) is 0.757. The average molecular weight is 241 g/mol. The van der Waals surface area contributed by atoms with E-state index in [4.69, 9.17) is 0 Å². The standard InChI is InChI=1S/C5H8F5NO2S/c1-2-4(6,7)3-11-14(12,13)5(8,9)10/h11H,2-3H2,1H3. The number of nitrogens with one attached hydrogen (secondary N) is 1. The highest BCUT2D eigenvalue weighted by Gasteiger charge is 2.46. The van der Waals surface area contributed by atoms with Gasteiger partial charge in [-0.25, -0.2) is 21.9 Å². The summed E-state index contributed by atoms with van der Waals surface area (Å²) < 4.78 is 80.9. The molecule has 0 atom stereocenters. The topological polar surface area (TPSA) is 46.2 Å². The van der Waals surface area contributed by atoms with Gasteiger partial charge < -0.3 is 0 Å². The van der Waals surface area contributed by atoms with Crippen molar-refractivity contribution < 1.29 is 30.4 Å². The molecule has 9 heteroatoms. The van der Waals surface area contributed by atoms with Crippen LogP contribution in [0.3, 0.4) is 0 Å². The molecule has 0 unspecified atom stereocenters. The van der Waals surface area contributed by atoms with Gasteiger partial charge in [0.05, 0.1) is 6.54 Å². The van der Waals surface area contributed by atoms with Gasteiger partial charge in [0.1, 0.15) is 0 Å². The summed E-state index contributed by atoms with van der Waals surface area (Å²) in [6, 6.07) is 0. The number of rotatable bonds is 4. The Morgan fingerprint density at radius 2 is 1.57 bits per heavy atom. The van der Waals surface area contributed by atoms with E-state index in [1.54, 1.807) is 0 Å². The van der Waals surface area contributed by atoms with Gasteiger partial charge in [-0.05, 0) is 0 Å². The second kappa shape index (κ2) is 3.97. The number of hydrogen-bond donors (Lipinski definition) is 1. The van der Waals surface area contributed by atoms with Crippen LogP contribution in [0.15, 0.2) is 0 Å². The second-order valence-electron chi connectivity index (χ2n) is 2.48. The van der Waals surface area contributed by atoms with Crippen molar-refractivity contribution in [1.82, 2.24) is 4.72 Å². The highest BCUT2D eigenvalue weighted by molar-refractivity contribution is 7.90. The van der Waals surface area contributed by atoms with E-state index in [0.29, 0.717) is 0 Å². The maximum absolute atomic E-state index is 12.4. The van der Waals surface area contributed by atoms with Crippen molar-refractivity contribution in [3.05, 3.63) is 0 Å². The summed E-state index contributed by atoms with van der Waals surface area (Å²) >= 11 is 0. The molecule has 0 aliphatic heterocycles. The third kappa shape index (κ3) is 3.74. The lowest BCUT2D eigenvalue weighted by atomic mass is 10.3. The Hall–Kier alpha value is -0.440. The minimum absolute atomic E-state index is 0.743. The van der Waals surface area contributed by atoms with E-state index >= 15 is 0 Å². The van der Waals surface area contributed by atoms with Crippen LogP contribution in [0.2, 0.25) is 0 Å². The Bertz CT molecular complexity index is 283. The Labute approximate surface area is 77.3 Å². The second-order valence-corrected chi connectivity index (χ2v) is 4.24. The van der Waals surface area contributed by atoms with E-state index < -0.39 is 34.4 Å². The number of sulfonamides is 1. The van der Waals surface area contributed by atoms with Crippen molar-refractivity contribution in [3.8, 4) is 0 Å².